The van der Waals surface area contributed by atoms with Crippen LogP contribution in [0.3, 0.4) is 0 Å². The van der Waals surface area contributed by atoms with Crippen molar-refractivity contribution in [3.63, 3.8) is 0 Å². The second-order valence-electron chi connectivity index (χ2n) is 3.85. The molecule has 5 nitrogen and oxygen atoms in total. The summed E-state index contributed by atoms with van der Waals surface area (Å²) in [5.41, 5.74) is 0.286. The second kappa shape index (κ2) is 7.10. The Morgan fingerprint density at radius 2 is 2.11 bits per heavy atom. The van der Waals surface area contributed by atoms with Crippen LogP contribution >= 0.6 is 11.3 Å². The second-order valence-corrected chi connectivity index (χ2v) is 4.79. The van der Waals surface area contributed by atoms with E-state index in [0.29, 0.717) is 11.6 Å². The SMILES string of the molecule is CCC(CC)C(=O)NCc1nc(C(=O)OC)cs1. The average Bonchev–Trinajstić information content (AvgIpc) is 2.85. The number of carbonyl (C=O) groups is 2. The van der Waals surface area contributed by atoms with Gasteiger partial charge in [-0.15, -0.1) is 11.3 Å². The van der Waals surface area contributed by atoms with Crippen LogP contribution in [0.5, 0.6) is 0 Å². The van der Waals surface area contributed by atoms with Crippen LogP contribution in [0.2, 0.25) is 0 Å². The topological polar surface area (TPSA) is 68.3 Å². The van der Waals surface area contributed by atoms with E-state index in [1.54, 1.807) is 5.38 Å². The summed E-state index contributed by atoms with van der Waals surface area (Å²) in [6.07, 6.45) is 1.65. The average molecular weight is 270 g/mol. The van der Waals surface area contributed by atoms with Crippen LogP contribution in [0, 0.1) is 5.92 Å². The summed E-state index contributed by atoms with van der Waals surface area (Å²) in [5, 5.41) is 5.16. The number of carbonyl (C=O) groups excluding carboxylic acids is 2. The summed E-state index contributed by atoms with van der Waals surface area (Å²) in [5.74, 6) is -0.372. The fourth-order valence-electron chi connectivity index (χ4n) is 1.56. The molecule has 0 unspecified atom stereocenters. The Morgan fingerprint density at radius 1 is 1.44 bits per heavy atom. The number of aromatic nitrogens is 1. The Kier molecular flexibility index (Phi) is 5.77. The third kappa shape index (κ3) is 3.80. The largest absolute Gasteiger partial charge is 0.464 e. The first kappa shape index (κ1) is 14.6. The highest BCUT2D eigenvalue weighted by molar-refractivity contribution is 7.09. The summed E-state index contributed by atoms with van der Waals surface area (Å²) in [6.45, 7) is 4.34. The maximum absolute atomic E-state index is 11.7. The molecule has 0 saturated carbocycles. The summed E-state index contributed by atoms with van der Waals surface area (Å²) >= 11 is 1.34. The van der Waals surface area contributed by atoms with Crippen LogP contribution in [0.4, 0.5) is 0 Å². The van der Waals surface area contributed by atoms with E-state index < -0.39 is 5.97 Å². The van der Waals surface area contributed by atoms with Crippen molar-refractivity contribution in [2.24, 2.45) is 5.92 Å². The number of nitrogens with zero attached hydrogens (tertiary/aromatic N) is 1. The van der Waals surface area contributed by atoms with Gasteiger partial charge in [0.15, 0.2) is 5.69 Å². The molecule has 0 saturated heterocycles. The quantitative estimate of drug-likeness (QED) is 0.803. The van der Waals surface area contributed by atoms with Gasteiger partial charge in [0.1, 0.15) is 5.01 Å². The van der Waals surface area contributed by atoms with Gasteiger partial charge in [0.05, 0.1) is 13.7 Å². The van der Waals surface area contributed by atoms with E-state index in [-0.39, 0.29) is 17.5 Å². The predicted molar refractivity (Wildman–Crippen MR) is 69.4 cm³/mol. The summed E-state index contributed by atoms with van der Waals surface area (Å²) in [7, 11) is 1.32. The predicted octanol–water partition coefficient (Wildman–Crippen LogP) is 1.98. The highest BCUT2D eigenvalue weighted by Crippen LogP contribution is 2.12. The summed E-state index contributed by atoms with van der Waals surface area (Å²) < 4.78 is 4.57. The number of esters is 1. The Balaban J connectivity index is 2.51. The number of hydrogen-bond donors (Lipinski definition) is 1. The van der Waals surface area contributed by atoms with Gasteiger partial charge in [0.25, 0.3) is 0 Å². The molecule has 1 heterocycles. The molecule has 0 aliphatic heterocycles. The van der Waals surface area contributed by atoms with Crippen molar-refractivity contribution in [3.8, 4) is 0 Å². The molecule has 0 spiro atoms. The molecule has 0 atom stereocenters. The first-order valence-corrected chi connectivity index (χ1v) is 6.80. The van der Waals surface area contributed by atoms with Crippen LogP contribution in [0.1, 0.15) is 42.2 Å². The van der Waals surface area contributed by atoms with E-state index in [2.05, 4.69) is 15.0 Å². The number of nitrogens with one attached hydrogen (secondary N) is 1. The van der Waals surface area contributed by atoms with E-state index in [1.165, 1.54) is 18.4 Å². The van der Waals surface area contributed by atoms with E-state index >= 15 is 0 Å². The van der Waals surface area contributed by atoms with Crippen LogP contribution in [0.15, 0.2) is 5.38 Å². The maximum Gasteiger partial charge on any atom is 0.357 e. The molecule has 0 aliphatic rings. The molecular formula is C12H18N2O3S. The van der Waals surface area contributed by atoms with Crippen molar-refractivity contribution in [2.45, 2.75) is 33.2 Å². The van der Waals surface area contributed by atoms with Gasteiger partial charge in [-0.05, 0) is 12.8 Å². The zero-order valence-corrected chi connectivity index (χ0v) is 11.7. The number of ether oxygens (including phenoxy) is 1. The van der Waals surface area contributed by atoms with E-state index in [1.807, 2.05) is 13.8 Å². The van der Waals surface area contributed by atoms with Crippen molar-refractivity contribution in [1.82, 2.24) is 10.3 Å². The molecular weight excluding hydrogens is 252 g/mol. The molecule has 18 heavy (non-hydrogen) atoms. The maximum atomic E-state index is 11.7. The molecule has 1 rings (SSSR count). The molecule has 100 valence electrons. The van der Waals surface area contributed by atoms with Crippen LogP contribution in [-0.4, -0.2) is 24.0 Å². The summed E-state index contributed by atoms with van der Waals surface area (Å²) in [4.78, 5) is 27.0. The van der Waals surface area contributed by atoms with Crippen molar-refractivity contribution in [1.29, 1.82) is 0 Å². The zero-order chi connectivity index (χ0) is 13.5. The first-order valence-electron chi connectivity index (χ1n) is 5.92. The molecule has 1 amide bonds. The van der Waals surface area contributed by atoms with Gasteiger partial charge >= 0.3 is 5.97 Å². The van der Waals surface area contributed by atoms with Gasteiger partial charge in [0, 0.05) is 11.3 Å². The van der Waals surface area contributed by atoms with Gasteiger partial charge < -0.3 is 10.1 Å². The van der Waals surface area contributed by atoms with Gasteiger partial charge in [-0.2, -0.15) is 0 Å². The smallest absolute Gasteiger partial charge is 0.357 e. The minimum Gasteiger partial charge on any atom is -0.464 e. The molecule has 0 aromatic carbocycles. The molecule has 0 aliphatic carbocycles. The Hall–Kier alpha value is -1.43. The molecule has 0 bridgehead atoms. The lowest BCUT2D eigenvalue weighted by atomic mass is 10.0. The van der Waals surface area contributed by atoms with Crippen LogP contribution in [0.25, 0.3) is 0 Å². The van der Waals surface area contributed by atoms with Gasteiger partial charge in [-0.1, -0.05) is 13.8 Å². The minimum absolute atomic E-state index is 0.0369. The van der Waals surface area contributed by atoms with Crippen molar-refractivity contribution >= 4 is 23.2 Å². The minimum atomic E-state index is -0.455. The van der Waals surface area contributed by atoms with Gasteiger partial charge in [0.2, 0.25) is 5.91 Å². The number of hydrogen-bond acceptors (Lipinski definition) is 5. The number of rotatable bonds is 6. The van der Waals surface area contributed by atoms with Crippen molar-refractivity contribution in [2.75, 3.05) is 7.11 Å². The number of amides is 1. The molecule has 1 aromatic rings. The van der Waals surface area contributed by atoms with Crippen molar-refractivity contribution < 1.29 is 14.3 Å². The highest BCUT2D eigenvalue weighted by Gasteiger charge is 2.15. The van der Waals surface area contributed by atoms with Crippen molar-refractivity contribution in [3.05, 3.63) is 16.1 Å². The van der Waals surface area contributed by atoms with Gasteiger partial charge in [-0.25, -0.2) is 9.78 Å². The van der Waals surface area contributed by atoms with Crippen LogP contribution < -0.4 is 5.32 Å². The molecule has 1 aromatic heterocycles. The molecule has 0 fully saturated rings. The number of methoxy groups -OCH3 is 1. The highest BCUT2D eigenvalue weighted by atomic mass is 32.1. The molecule has 6 heteroatoms. The zero-order valence-electron chi connectivity index (χ0n) is 10.9. The first-order chi connectivity index (χ1) is 8.62. The lowest BCUT2D eigenvalue weighted by molar-refractivity contribution is -0.125. The molecule has 1 N–H and O–H groups in total. The third-order valence-electron chi connectivity index (χ3n) is 2.72. The van der Waals surface area contributed by atoms with Crippen LogP contribution in [-0.2, 0) is 16.1 Å². The van der Waals surface area contributed by atoms with E-state index in [4.69, 9.17) is 0 Å². The van der Waals surface area contributed by atoms with E-state index in [9.17, 15) is 9.59 Å². The standard InChI is InChI=1S/C12H18N2O3S/c1-4-8(5-2)11(15)13-6-10-14-9(7-18-10)12(16)17-3/h7-8H,4-6H2,1-3H3,(H,13,15). The fourth-order valence-corrected chi connectivity index (χ4v) is 2.26. The monoisotopic (exact) mass is 270 g/mol. The lowest BCUT2D eigenvalue weighted by Gasteiger charge is -2.11. The normalized spacial score (nSPS) is 10.4. The van der Waals surface area contributed by atoms with E-state index in [0.717, 1.165) is 12.8 Å². The number of thiazole rings is 1. The fraction of sp³-hybridized carbons (Fsp3) is 0.583. The Bertz CT molecular complexity index is 413. The Morgan fingerprint density at radius 3 is 2.67 bits per heavy atom. The van der Waals surface area contributed by atoms with Gasteiger partial charge in [-0.3, -0.25) is 4.79 Å². The molecule has 0 radical (unpaired) electrons. The third-order valence-corrected chi connectivity index (χ3v) is 3.57. The Labute approximate surface area is 111 Å². The summed E-state index contributed by atoms with van der Waals surface area (Å²) in [6, 6.07) is 0. The lowest BCUT2D eigenvalue weighted by Crippen LogP contribution is -2.29.